The number of para-hydroxylation sites is 1. The summed E-state index contributed by atoms with van der Waals surface area (Å²) in [7, 11) is 1.91. The quantitative estimate of drug-likeness (QED) is 0.762. The van der Waals surface area contributed by atoms with Gasteiger partial charge in [0, 0.05) is 17.8 Å². The third-order valence-corrected chi connectivity index (χ3v) is 3.70. The fraction of sp³-hybridized carbons (Fsp3) is 0.412. The van der Waals surface area contributed by atoms with Gasteiger partial charge in [0.2, 0.25) is 5.91 Å². The van der Waals surface area contributed by atoms with Crippen LogP contribution >= 0.6 is 12.4 Å². The first kappa shape index (κ1) is 19.2. The molecule has 1 aromatic heterocycles. The molecule has 0 spiro atoms. The molecule has 2 rings (SSSR count). The van der Waals surface area contributed by atoms with Crippen molar-refractivity contribution in [2.45, 2.75) is 26.7 Å². The van der Waals surface area contributed by atoms with Crippen LogP contribution in [-0.4, -0.2) is 35.8 Å². The zero-order chi connectivity index (χ0) is 15.9. The average Bonchev–Trinajstić information content (AvgIpc) is 2.80. The van der Waals surface area contributed by atoms with E-state index >= 15 is 0 Å². The Balaban J connectivity index is 0.00000264. The number of nitrogens with zero attached hydrogens (tertiary/aromatic N) is 2. The van der Waals surface area contributed by atoms with Gasteiger partial charge in [0.05, 0.1) is 17.8 Å². The molecule has 2 N–H and O–H groups in total. The van der Waals surface area contributed by atoms with Crippen LogP contribution in [0.4, 0.5) is 0 Å². The topological polar surface area (TPSA) is 58.9 Å². The Morgan fingerprint density at radius 1 is 1.17 bits per heavy atom. The second kappa shape index (κ2) is 9.33. The number of carbonyl (C=O) groups is 1. The van der Waals surface area contributed by atoms with Gasteiger partial charge in [0.25, 0.3) is 0 Å². The van der Waals surface area contributed by atoms with Crippen molar-refractivity contribution in [2.24, 2.45) is 0 Å². The molecule has 0 saturated heterocycles. The van der Waals surface area contributed by atoms with E-state index in [9.17, 15) is 4.79 Å². The first-order valence-electron chi connectivity index (χ1n) is 7.65. The summed E-state index contributed by atoms with van der Waals surface area (Å²) in [6.07, 6.45) is 1.31. The summed E-state index contributed by atoms with van der Waals surface area (Å²) in [5.41, 5.74) is 3.96. The lowest BCUT2D eigenvalue weighted by molar-refractivity contribution is -0.120. The Bertz CT molecular complexity index is 625. The lowest BCUT2D eigenvalue weighted by Gasteiger charge is -2.07. The van der Waals surface area contributed by atoms with Gasteiger partial charge in [-0.15, -0.1) is 12.4 Å². The second-order valence-electron chi connectivity index (χ2n) is 5.38. The van der Waals surface area contributed by atoms with Crippen LogP contribution in [-0.2, 0) is 11.2 Å². The minimum absolute atomic E-state index is 0. The van der Waals surface area contributed by atoms with Gasteiger partial charge in [-0.1, -0.05) is 18.2 Å². The molecular weight excluding hydrogens is 312 g/mol. The summed E-state index contributed by atoms with van der Waals surface area (Å²) in [5.74, 6) is 0.0508. The molecule has 1 amide bonds. The molecule has 2 aromatic rings. The number of benzene rings is 1. The van der Waals surface area contributed by atoms with E-state index in [1.165, 1.54) is 0 Å². The van der Waals surface area contributed by atoms with Crippen molar-refractivity contribution < 1.29 is 4.79 Å². The monoisotopic (exact) mass is 336 g/mol. The van der Waals surface area contributed by atoms with Gasteiger partial charge in [0.15, 0.2) is 0 Å². The highest BCUT2D eigenvalue weighted by Gasteiger charge is 2.15. The van der Waals surface area contributed by atoms with Crippen molar-refractivity contribution in [3.63, 3.8) is 0 Å². The normalized spacial score (nSPS) is 10.2. The number of aromatic nitrogens is 2. The molecule has 0 saturated carbocycles. The van der Waals surface area contributed by atoms with Crippen LogP contribution in [0.2, 0.25) is 0 Å². The predicted octanol–water partition coefficient (Wildman–Crippen LogP) is 2.18. The van der Waals surface area contributed by atoms with Crippen molar-refractivity contribution >= 4 is 18.3 Å². The van der Waals surface area contributed by atoms with Crippen LogP contribution < -0.4 is 10.6 Å². The number of halogens is 1. The predicted molar refractivity (Wildman–Crippen MR) is 95.5 cm³/mol. The van der Waals surface area contributed by atoms with Crippen molar-refractivity contribution in [1.82, 2.24) is 20.4 Å². The summed E-state index contributed by atoms with van der Waals surface area (Å²) in [4.78, 5) is 12.1. The minimum atomic E-state index is 0. The molecule has 0 fully saturated rings. The Hall–Kier alpha value is -1.85. The third-order valence-electron chi connectivity index (χ3n) is 3.70. The third kappa shape index (κ3) is 5.08. The van der Waals surface area contributed by atoms with Gasteiger partial charge >= 0.3 is 0 Å². The fourth-order valence-electron chi connectivity index (χ4n) is 2.47. The fourth-order valence-corrected chi connectivity index (χ4v) is 2.47. The summed E-state index contributed by atoms with van der Waals surface area (Å²) in [5, 5.41) is 10.6. The molecular formula is C17H25ClN4O. The Morgan fingerprint density at radius 2 is 1.87 bits per heavy atom. The van der Waals surface area contributed by atoms with Crippen molar-refractivity contribution in [2.75, 3.05) is 20.1 Å². The number of hydrogen-bond acceptors (Lipinski definition) is 3. The van der Waals surface area contributed by atoms with E-state index in [1.54, 1.807) is 0 Å². The number of rotatable bonds is 7. The molecule has 5 nitrogen and oxygen atoms in total. The van der Waals surface area contributed by atoms with Crippen LogP contribution in [0.25, 0.3) is 5.69 Å². The van der Waals surface area contributed by atoms with Crippen molar-refractivity contribution in [3.8, 4) is 5.69 Å². The number of amides is 1. The van der Waals surface area contributed by atoms with Crippen LogP contribution in [0.1, 0.15) is 23.4 Å². The Labute approximate surface area is 143 Å². The molecule has 0 aliphatic carbocycles. The highest BCUT2D eigenvalue weighted by atomic mass is 35.5. The summed E-state index contributed by atoms with van der Waals surface area (Å²) in [6, 6.07) is 9.98. The average molecular weight is 337 g/mol. The number of aryl methyl sites for hydroxylation is 1. The SMILES string of the molecule is CNCCCNC(=O)Cc1c(C)nn(-c2ccccc2)c1C.Cl. The molecule has 0 aliphatic rings. The van der Waals surface area contributed by atoms with Crippen molar-refractivity contribution in [1.29, 1.82) is 0 Å². The molecule has 1 aromatic carbocycles. The van der Waals surface area contributed by atoms with Crippen LogP contribution in [0.15, 0.2) is 30.3 Å². The van der Waals surface area contributed by atoms with Gasteiger partial charge in [-0.05, 0) is 46.0 Å². The van der Waals surface area contributed by atoms with E-state index in [-0.39, 0.29) is 18.3 Å². The molecule has 0 bridgehead atoms. The first-order chi connectivity index (χ1) is 10.6. The Kier molecular flexibility index (Phi) is 7.78. The summed E-state index contributed by atoms with van der Waals surface area (Å²) in [6.45, 7) is 5.57. The molecule has 0 aliphatic heterocycles. The van der Waals surface area contributed by atoms with Gasteiger partial charge < -0.3 is 10.6 Å². The molecule has 0 atom stereocenters. The zero-order valence-corrected chi connectivity index (χ0v) is 14.7. The molecule has 6 heteroatoms. The smallest absolute Gasteiger partial charge is 0.224 e. The van der Waals surface area contributed by atoms with Gasteiger partial charge in [-0.3, -0.25) is 4.79 Å². The first-order valence-corrected chi connectivity index (χ1v) is 7.65. The Morgan fingerprint density at radius 3 is 2.52 bits per heavy atom. The van der Waals surface area contributed by atoms with E-state index in [0.29, 0.717) is 13.0 Å². The maximum absolute atomic E-state index is 12.1. The molecule has 126 valence electrons. The van der Waals surface area contributed by atoms with E-state index < -0.39 is 0 Å². The van der Waals surface area contributed by atoms with E-state index in [2.05, 4.69) is 15.7 Å². The van der Waals surface area contributed by atoms with E-state index in [4.69, 9.17) is 0 Å². The second-order valence-corrected chi connectivity index (χ2v) is 5.38. The molecule has 1 heterocycles. The van der Waals surface area contributed by atoms with Crippen LogP contribution in [0.5, 0.6) is 0 Å². The van der Waals surface area contributed by atoms with Gasteiger partial charge in [0.1, 0.15) is 0 Å². The minimum Gasteiger partial charge on any atom is -0.356 e. The maximum atomic E-state index is 12.1. The summed E-state index contributed by atoms with van der Waals surface area (Å²) >= 11 is 0. The number of nitrogens with one attached hydrogen (secondary N) is 2. The highest BCUT2D eigenvalue weighted by Crippen LogP contribution is 2.18. The maximum Gasteiger partial charge on any atom is 0.224 e. The standard InChI is InChI=1S/C17H24N4O.ClH/c1-13-16(12-17(22)19-11-7-10-18-3)14(2)21(20-13)15-8-5-4-6-9-15;/h4-6,8-9,18H,7,10-12H2,1-3H3,(H,19,22);1H. The molecule has 23 heavy (non-hydrogen) atoms. The summed E-state index contributed by atoms with van der Waals surface area (Å²) < 4.78 is 1.90. The highest BCUT2D eigenvalue weighted by molar-refractivity contribution is 5.85. The van der Waals surface area contributed by atoms with E-state index in [1.807, 2.05) is 55.9 Å². The van der Waals surface area contributed by atoms with Crippen LogP contribution in [0.3, 0.4) is 0 Å². The lowest BCUT2D eigenvalue weighted by atomic mass is 10.1. The lowest BCUT2D eigenvalue weighted by Crippen LogP contribution is -2.28. The molecule has 0 radical (unpaired) electrons. The van der Waals surface area contributed by atoms with Crippen LogP contribution in [0, 0.1) is 13.8 Å². The largest absolute Gasteiger partial charge is 0.356 e. The van der Waals surface area contributed by atoms with Gasteiger partial charge in [-0.25, -0.2) is 4.68 Å². The van der Waals surface area contributed by atoms with E-state index in [0.717, 1.165) is 35.6 Å². The molecule has 0 unspecified atom stereocenters. The number of carbonyl (C=O) groups excluding carboxylic acids is 1. The van der Waals surface area contributed by atoms with Gasteiger partial charge in [-0.2, -0.15) is 5.10 Å². The van der Waals surface area contributed by atoms with Crippen molar-refractivity contribution in [3.05, 3.63) is 47.3 Å². The number of hydrogen-bond donors (Lipinski definition) is 2. The zero-order valence-electron chi connectivity index (χ0n) is 13.9.